The zero-order valence-electron chi connectivity index (χ0n) is 12.9. The normalized spacial score (nSPS) is 14.7. The summed E-state index contributed by atoms with van der Waals surface area (Å²) in [6, 6.07) is 6.29. The third-order valence-corrected chi connectivity index (χ3v) is 5.03. The minimum Gasteiger partial charge on any atom is -0.468 e. The Morgan fingerprint density at radius 3 is 2.74 bits per heavy atom. The smallest absolute Gasteiger partial charge is 0.319 e. The first-order valence-corrected chi connectivity index (χ1v) is 8.22. The van der Waals surface area contributed by atoms with Crippen LogP contribution in [0.15, 0.2) is 29.4 Å². The van der Waals surface area contributed by atoms with Gasteiger partial charge in [-0.3, -0.25) is 9.36 Å². The van der Waals surface area contributed by atoms with Crippen molar-refractivity contribution in [1.29, 1.82) is 0 Å². The van der Waals surface area contributed by atoms with Crippen molar-refractivity contribution >= 4 is 29.4 Å². The second-order valence-corrected chi connectivity index (χ2v) is 6.27. The first-order valence-electron chi connectivity index (χ1n) is 7.34. The Kier molecular flexibility index (Phi) is 4.51. The second kappa shape index (κ2) is 6.57. The van der Waals surface area contributed by atoms with Gasteiger partial charge in [-0.05, 0) is 30.7 Å². The van der Waals surface area contributed by atoms with Gasteiger partial charge in [-0.2, -0.15) is 0 Å². The van der Waals surface area contributed by atoms with Gasteiger partial charge in [0.2, 0.25) is 5.95 Å². The minimum absolute atomic E-state index is 0.261. The Hall–Kier alpha value is -2.09. The van der Waals surface area contributed by atoms with E-state index in [9.17, 15) is 9.18 Å². The predicted octanol–water partition coefficient (Wildman–Crippen LogP) is 2.61. The summed E-state index contributed by atoms with van der Waals surface area (Å²) >= 11 is 1.36. The molecule has 0 N–H and O–H groups in total. The highest BCUT2D eigenvalue weighted by Gasteiger charge is 2.29. The molecule has 0 unspecified atom stereocenters. The van der Waals surface area contributed by atoms with Gasteiger partial charge >= 0.3 is 5.97 Å². The molecule has 8 heteroatoms. The van der Waals surface area contributed by atoms with Crippen LogP contribution in [0.25, 0.3) is 0 Å². The molecule has 0 saturated carbocycles. The Labute approximate surface area is 137 Å². The molecule has 2 aromatic rings. The molecule has 0 saturated heterocycles. The molecule has 0 aliphatic carbocycles. The van der Waals surface area contributed by atoms with Gasteiger partial charge in [0.15, 0.2) is 5.16 Å². The molecule has 0 amide bonds. The number of hydrogen-bond acceptors (Lipinski definition) is 6. The SMILES string of the molecule is CC[C@@H](Sc1nnc2n1CCN2c1ccc(F)cc1)C(=O)OC. The maximum absolute atomic E-state index is 13.1. The van der Waals surface area contributed by atoms with Gasteiger partial charge in [-0.1, -0.05) is 18.7 Å². The predicted molar refractivity (Wildman–Crippen MR) is 85.4 cm³/mol. The van der Waals surface area contributed by atoms with E-state index in [0.717, 1.165) is 18.8 Å². The summed E-state index contributed by atoms with van der Waals surface area (Å²) in [6.45, 7) is 3.39. The van der Waals surface area contributed by atoms with E-state index in [1.165, 1.54) is 31.0 Å². The van der Waals surface area contributed by atoms with Crippen molar-refractivity contribution < 1.29 is 13.9 Å². The fourth-order valence-corrected chi connectivity index (χ4v) is 3.49. The third kappa shape index (κ3) is 3.03. The Morgan fingerprint density at radius 1 is 1.35 bits per heavy atom. The molecule has 0 bridgehead atoms. The highest BCUT2D eigenvalue weighted by Crippen LogP contribution is 2.34. The number of esters is 1. The Morgan fingerprint density at radius 2 is 2.09 bits per heavy atom. The van der Waals surface area contributed by atoms with E-state index in [1.54, 1.807) is 12.1 Å². The van der Waals surface area contributed by atoms with Crippen molar-refractivity contribution in [2.75, 3.05) is 18.6 Å². The van der Waals surface area contributed by atoms with Gasteiger partial charge in [0.1, 0.15) is 11.1 Å². The number of ether oxygens (including phenoxy) is 1. The van der Waals surface area contributed by atoms with Gasteiger partial charge in [-0.15, -0.1) is 10.2 Å². The number of hydrogen-bond donors (Lipinski definition) is 0. The molecule has 1 aromatic carbocycles. The van der Waals surface area contributed by atoms with E-state index < -0.39 is 0 Å². The largest absolute Gasteiger partial charge is 0.468 e. The van der Waals surface area contributed by atoms with Crippen LogP contribution >= 0.6 is 11.8 Å². The standard InChI is InChI=1S/C15H17FN4O2S/c1-3-12(13(21)22-2)23-15-18-17-14-19(8-9-20(14)15)11-6-4-10(16)5-7-11/h4-7,12H,3,8-9H2,1-2H3/t12-/m1/s1. The number of carbonyl (C=O) groups is 1. The first kappa shape index (κ1) is 15.8. The van der Waals surface area contributed by atoms with Crippen LogP contribution in [0.5, 0.6) is 0 Å². The molecule has 1 aliphatic rings. The summed E-state index contributed by atoms with van der Waals surface area (Å²) in [5.41, 5.74) is 0.870. The van der Waals surface area contributed by atoms with Gasteiger partial charge in [0.05, 0.1) is 7.11 Å². The maximum Gasteiger partial charge on any atom is 0.319 e. The molecule has 122 valence electrons. The highest BCUT2D eigenvalue weighted by atomic mass is 32.2. The van der Waals surface area contributed by atoms with E-state index >= 15 is 0 Å². The van der Waals surface area contributed by atoms with Crippen molar-refractivity contribution in [3.05, 3.63) is 30.1 Å². The van der Waals surface area contributed by atoms with E-state index in [2.05, 4.69) is 10.2 Å². The van der Waals surface area contributed by atoms with Gasteiger partial charge in [-0.25, -0.2) is 4.39 Å². The number of nitrogens with zero attached hydrogens (tertiary/aromatic N) is 4. The van der Waals surface area contributed by atoms with Crippen LogP contribution in [0.3, 0.4) is 0 Å². The van der Waals surface area contributed by atoms with Crippen LogP contribution in [0.2, 0.25) is 0 Å². The van der Waals surface area contributed by atoms with Crippen LogP contribution in [-0.4, -0.2) is 39.6 Å². The van der Waals surface area contributed by atoms with Crippen LogP contribution in [0.1, 0.15) is 13.3 Å². The lowest BCUT2D eigenvalue weighted by atomic mass is 10.3. The lowest BCUT2D eigenvalue weighted by Gasteiger charge is -2.15. The Balaban J connectivity index is 1.82. The molecule has 1 aromatic heterocycles. The van der Waals surface area contributed by atoms with Gasteiger partial charge < -0.3 is 9.64 Å². The first-order chi connectivity index (χ1) is 11.1. The average molecular weight is 336 g/mol. The number of halogens is 1. The van der Waals surface area contributed by atoms with E-state index in [4.69, 9.17) is 4.74 Å². The topological polar surface area (TPSA) is 60.2 Å². The summed E-state index contributed by atoms with van der Waals surface area (Å²) < 4.78 is 19.8. The Bertz CT molecular complexity index is 704. The summed E-state index contributed by atoms with van der Waals surface area (Å²) in [4.78, 5) is 13.7. The summed E-state index contributed by atoms with van der Waals surface area (Å²) in [7, 11) is 1.38. The van der Waals surface area contributed by atoms with Crippen molar-refractivity contribution in [3.63, 3.8) is 0 Å². The van der Waals surface area contributed by atoms with Crippen LogP contribution in [0, 0.1) is 5.82 Å². The molecule has 6 nitrogen and oxygen atoms in total. The van der Waals surface area contributed by atoms with Crippen LogP contribution in [-0.2, 0) is 16.1 Å². The van der Waals surface area contributed by atoms with E-state index in [-0.39, 0.29) is 17.0 Å². The highest BCUT2D eigenvalue weighted by molar-refractivity contribution is 8.00. The van der Waals surface area contributed by atoms with Gasteiger partial charge in [0, 0.05) is 18.8 Å². The molecule has 1 aliphatic heterocycles. The van der Waals surface area contributed by atoms with Crippen molar-refractivity contribution in [1.82, 2.24) is 14.8 Å². The van der Waals surface area contributed by atoms with Crippen molar-refractivity contribution in [3.8, 4) is 0 Å². The lowest BCUT2D eigenvalue weighted by molar-refractivity contribution is -0.140. The van der Waals surface area contributed by atoms with Crippen molar-refractivity contribution in [2.45, 2.75) is 30.3 Å². The van der Waals surface area contributed by atoms with Gasteiger partial charge in [0.25, 0.3) is 0 Å². The monoisotopic (exact) mass is 336 g/mol. The second-order valence-electron chi connectivity index (χ2n) is 5.10. The van der Waals surface area contributed by atoms with E-state index in [0.29, 0.717) is 17.5 Å². The summed E-state index contributed by atoms with van der Waals surface area (Å²) in [6.07, 6.45) is 0.654. The molecular formula is C15H17FN4O2S. The van der Waals surface area contributed by atoms with Crippen LogP contribution in [0.4, 0.5) is 16.0 Å². The molecule has 0 radical (unpaired) electrons. The maximum atomic E-state index is 13.1. The quantitative estimate of drug-likeness (QED) is 0.618. The molecular weight excluding hydrogens is 319 g/mol. The molecule has 23 heavy (non-hydrogen) atoms. The zero-order chi connectivity index (χ0) is 16.4. The zero-order valence-corrected chi connectivity index (χ0v) is 13.7. The van der Waals surface area contributed by atoms with E-state index in [1.807, 2.05) is 16.4 Å². The third-order valence-electron chi connectivity index (χ3n) is 3.71. The fraction of sp³-hybridized carbons (Fsp3) is 0.400. The number of anilines is 2. The molecule has 1 atom stereocenters. The minimum atomic E-state index is -0.298. The summed E-state index contributed by atoms with van der Waals surface area (Å²) in [5.74, 6) is 0.177. The fourth-order valence-electron chi connectivity index (χ4n) is 2.49. The molecule has 3 rings (SSSR count). The van der Waals surface area contributed by atoms with Crippen molar-refractivity contribution in [2.24, 2.45) is 0 Å². The number of methoxy groups -OCH3 is 1. The number of thioether (sulfide) groups is 1. The molecule has 2 heterocycles. The average Bonchev–Trinajstić information content (AvgIpc) is 3.15. The molecule has 0 fully saturated rings. The number of carbonyl (C=O) groups excluding carboxylic acids is 1. The molecule has 0 spiro atoms. The number of benzene rings is 1. The lowest BCUT2D eigenvalue weighted by Crippen LogP contribution is -2.18. The number of aromatic nitrogens is 3. The summed E-state index contributed by atoms with van der Waals surface area (Å²) in [5, 5.41) is 8.81. The van der Waals surface area contributed by atoms with Crippen LogP contribution < -0.4 is 4.90 Å². The number of rotatable bonds is 5. The number of fused-ring (bicyclic) bond motifs is 1.